The van der Waals surface area contributed by atoms with Crippen LogP contribution < -0.4 is 0 Å². The first-order valence-electron chi connectivity index (χ1n) is 9.15. The van der Waals surface area contributed by atoms with Crippen molar-refractivity contribution < 1.29 is 17.9 Å². The van der Waals surface area contributed by atoms with Gasteiger partial charge >= 0.3 is 6.18 Å². The van der Waals surface area contributed by atoms with Crippen LogP contribution in [0.15, 0.2) is 24.3 Å². The Morgan fingerprint density at radius 1 is 1.00 bits per heavy atom. The van der Waals surface area contributed by atoms with E-state index in [4.69, 9.17) is 4.74 Å². The number of nitrogens with zero attached hydrogens (tertiary/aromatic N) is 1. The van der Waals surface area contributed by atoms with Gasteiger partial charge in [-0.1, -0.05) is 39.8 Å². The van der Waals surface area contributed by atoms with Crippen LogP contribution in [0.1, 0.15) is 58.1 Å². The van der Waals surface area contributed by atoms with Gasteiger partial charge in [0, 0.05) is 20.2 Å². The van der Waals surface area contributed by atoms with Crippen LogP contribution in [-0.2, 0) is 16.3 Å². The minimum absolute atomic E-state index is 0.137. The van der Waals surface area contributed by atoms with Crippen molar-refractivity contribution in [1.29, 1.82) is 0 Å². The first kappa shape index (κ1) is 22.0. The number of benzene rings is 1. The number of likely N-dealkylation sites (tertiary alicyclic amines) is 1. The lowest BCUT2D eigenvalue weighted by Crippen LogP contribution is -2.38. The number of halogens is 3. The van der Waals surface area contributed by atoms with Gasteiger partial charge in [-0.3, -0.25) is 0 Å². The molecule has 0 spiro atoms. The Hall–Kier alpha value is -1.07. The van der Waals surface area contributed by atoms with Crippen LogP contribution in [0.2, 0.25) is 0 Å². The molecular formula is C20H32F3NO. The van der Waals surface area contributed by atoms with Crippen molar-refractivity contribution in [1.82, 2.24) is 4.90 Å². The Bertz CT molecular complexity index is 489. The van der Waals surface area contributed by atoms with Crippen molar-refractivity contribution in [3.8, 4) is 0 Å². The molecule has 25 heavy (non-hydrogen) atoms. The molecule has 0 aliphatic carbocycles. The first-order chi connectivity index (χ1) is 11.7. The Balaban J connectivity index is 0.00000151. The predicted octanol–water partition coefficient (Wildman–Crippen LogP) is 5.51. The molecule has 144 valence electrons. The lowest BCUT2D eigenvalue weighted by Gasteiger charge is -2.34. The average Bonchev–Trinajstić information content (AvgIpc) is 2.61. The molecule has 0 N–H and O–H groups in total. The maximum Gasteiger partial charge on any atom is 0.416 e. The summed E-state index contributed by atoms with van der Waals surface area (Å²) >= 11 is 0. The quantitative estimate of drug-likeness (QED) is 0.687. The first-order valence-corrected chi connectivity index (χ1v) is 9.15. The van der Waals surface area contributed by atoms with Crippen molar-refractivity contribution in [3.05, 3.63) is 35.4 Å². The molecule has 0 atom stereocenters. The van der Waals surface area contributed by atoms with Gasteiger partial charge in [-0.25, -0.2) is 0 Å². The van der Waals surface area contributed by atoms with E-state index >= 15 is 0 Å². The van der Waals surface area contributed by atoms with E-state index in [1.54, 1.807) is 19.2 Å². The van der Waals surface area contributed by atoms with Crippen molar-refractivity contribution in [2.75, 3.05) is 26.7 Å². The molecule has 0 unspecified atom stereocenters. The lowest BCUT2D eigenvalue weighted by molar-refractivity contribution is -0.137. The Morgan fingerprint density at radius 2 is 1.48 bits per heavy atom. The van der Waals surface area contributed by atoms with Gasteiger partial charge in [0.25, 0.3) is 0 Å². The molecule has 0 aromatic heterocycles. The molecule has 1 heterocycles. The van der Waals surface area contributed by atoms with Gasteiger partial charge in [0.2, 0.25) is 0 Å². The van der Waals surface area contributed by atoms with Gasteiger partial charge in [0.05, 0.1) is 11.7 Å². The highest BCUT2D eigenvalue weighted by molar-refractivity contribution is 5.29. The largest absolute Gasteiger partial charge is 0.416 e. The topological polar surface area (TPSA) is 12.5 Å². The minimum Gasteiger partial charge on any atom is -0.381 e. The second kappa shape index (κ2) is 9.58. The molecule has 0 saturated carbocycles. The zero-order chi connectivity index (χ0) is 19.1. The molecule has 0 radical (unpaired) electrons. The minimum atomic E-state index is -4.27. The molecule has 2 nitrogen and oxygen atoms in total. The van der Waals surface area contributed by atoms with Gasteiger partial charge < -0.3 is 9.64 Å². The van der Waals surface area contributed by atoms with Crippen LogP contribution >= 0.6 is 0 Å². The summed E-state index contributed by atoms with van der Waals surface area (Å²) in [5.41, 5.74) is 0.235. The van der Waals surface area contributed by atoms with E-state index in [0.29, 0.717) is 6.10 Å². The zero-order valence-electron chi connectivity index (χ0n) is 16.1. The molecule has 0 bridgehead atoms. The molecule has 1 aliphatic heterocycles. The maximum absolute atomic E-state index is 12.7. The summed E-state index contributed by atoms with van der Waals surface area (Å²) in [5, 5.41) is 0. The SMILES string of the molecule is CC.COC1CCN(CCC(C)(C)c2ccc(C(F)(F)F)cc2)CC1. The van der Waals surface area contributed by atoms with E-state index in [1.807, 2.05) is 13.8 Å². The third-order valence-electron chi connectivity index (χ3n) is 4.91. The highest BCUT2D eigenvalue weighted by Crippen LogP contribution is 2.33. The highest BCUT2D eigenvalue weighted by atomic mass is 19.4. The summed E-state index contributed by atoms with van der Waals surface area (Å²) < 4.78 is 43.3. The number of rotatable bonds is 5. The maximum atomic E-state index is 12.7. The van der Waals surface area contributed by atoms with E-state index in [-0.39, 0.29) is 5.41 Å². The van der Waals surface area contributed by atoms with Crippen LogP contribution in [-0.4, -0.2) is 37.7 Å². The summed E-state index contributed by atoms with van der Waals surface area (Å²) in [6.07, 6.45) is -0.868. The number of ether oxygens (including phenoxy) is 1. The summed E-state index contributed by atoms with van der Waals surface area (Å²) in [5.74, 6) is 0. The van der Waals surface area contributed by atoms with Crippen LogP contribution in [0.3, 0.4) is 0 Å². The molecule has 1 aromatic rings. The fraction of sp³-hybridized carbons (Fsp3) is 0.700. The van der Waals surface area contributed by atoms with E-state index in [1.165, 1.54) is 12.1 Å². The van der Waals surface area contributed by atoms with Gasteiger partial charge in [0.15, 0.2) is 0 Å². The number of piperidine rings is 1. The predicted molar refractivity (Wildman–Crippen MR) is 96.9 cm³/mol. The van der Waals surface area contributed by atoms with Gasteiger partial charge in [0.1, 0.15) is 0 Å². The zero-order valence-corrected chi connectivity index (χ0v) is 16.1. The van der Waals surface area contributed by atoms with Gasteiger partial charge in [-0.15, -0.1) is 0 Å². The normalized spacial score (nSPS) is 17.1. The third-order valence-corrected chi connectivity index (χ3v) is 4.91. The monoisotopic (exact) mass is 359 g/mol. The van der Waals surface area contributed by atoms with Crippen LogP contribution in [0, 0.1) is 0 Å². The number of hydrogen-bond donors (Lipinski definition) is 0. The standard InChI is InChI=1S/C18H26F3NO.C2H6/c1-17(2,10-13-22-11-8-16(23-3)9-12-22)14-4-6-15(7-5-14)18(19,20)21;1-2/h4-7,16H,8-13H2,1-3H3;1-2H3. The van der Waals surface area contributed by atoms with Crippen LogP contribution in [0.5, 0.6) is 0 Å². The van der Waals surface area contributed by atoms with E-state index in [0.717, 1.165) is 44.5 Å². The molecule has 2 rings (SSSR count). The fourth-order valence-corrected chi connectivity index (χ4v) is 3.06. The summed E-state index contributed by atoms with van der Waals surface area (Å²) in [6, 6.07) is 5.59. The lowest BCUT2D eigenvalue weighted by atomic mass is 9.81. The fourth-order valence-electron chi connectivity index (χ4n) is 3.06. The number of alkyl halides is 3. The van der Waals surface area contributed by atoms with Crippen LogP contribution in [0.25, 0.3) is 0 Å². The number of methoxy groups -OCH3 is 1. The van der Waals surface area contributed by atoms with E-state index in [9.17, 15) is 13.2 Å². The van der Waals surface area contributed by atoms with Gasteiger partial charge in [-0.05, 0) is 48.9 Å². The second-order valence-electron chi connectivity index (χ2n) is 6.99. The van der Waals surface area contributed by atoms with Crippen molar-refractivity contribution in [3.63, 3.8) is 0 Å². The molecule has 5 heteroatoms. The van der Waals surface area contributed by atoms with E-state index < -0.39 is 11.7 Å². The highest BCUT2D eigenvalue weighted by Gasteiger charge is 2.31. The summed E-state index contributed by atoms with van der Waals surface area (Å²) in [4.78, 5) is 2.42. The summed E-state index contributed by atoms with van der Waals surface area (Å²) in [7, 11) is 1.76. The summed E-state index contributed by atoms with van der Waals surface area (Å²) in [6.45, 7) is 11.2. The Labute approximate surface area is 150 Å². The molecule has 1 aromatic carbocycles. The molecule has 1 saturated heterocycles. The Kier molecular flexibility index (Phi) is 8.42. The smallest absolute Gasteiger partial charge is 0.381 e. The molecule has 1 fully saturated rings. The van der Waals surface area contributed by atoms with Gasteiger partial charge in [-0.2, -0.15) is 13.2 Å². The second-order valence-corrected chi connectivity index (χ2v) is 6.99. The molecular weight excluding hydrogens is 327 g/mol. The Morgan fingerprint density at radius 3 is 1.92 bits per heavy atom. The van der Waals surface area contributed by atoms with E-state index in [2.05, 4.69) is 18.7 Å². The molecule has 0 amide bonds. The molecule has 1 aliphatic rings. The average molecular weight is 359 g/mol. The number of hydrogen-bond acceptors (Lipinski definition) is 2. The van der Waals surface area contributed by atoms with Crippen molar-refractivity contribution in [2.45, 2.75) is 64.7 Å². The van der Waals surface area contributed by atoms with Crippen molar-refractivity contribution >= 4 is 0 Å². The van der Waals surface area contributed by atoms with Crippen LogP contribution in [0.4, 0.5) is 13.2 Å². The van der Waals surface area contributed by atoms with Crippen molar-refractivity contribution in [2.24, 2.45) is 0 Å². The third kappa shape index (κ3) is 6.63.